The van der Waals surface area contributed by atoms with Crippen molar-refractivity contribution in [3.63, 3.8) is 0 Å². The Hall–Kier alpha value is -1.32. The quantitative estimate of drug-likeness (QED) is 0.829. The van der Waals surface area contributed by atoms with Gasteiger partial charge in [-0.2, -0.15) is 0 Å². The molecule has 4 heteroatoms. The molecule has 21 heavy (non-hydrogen) atoms. The summed E-state index contributed by atoms with van der Waals surface area (Å²) in [5.74, 6) is 3.46. The van der Waals surface area contributed by atoms with Crippen molar-refractivity contribution in [3.05, 3.63) is 11.9 Å². The number of nitrogens with one attached hydrogen (secondary N) is 2. The van der Waals surface area contributed by atoms with Gasteiger partial charge in [0.1, 0.15) is 17.5 Å². The van der Waals surface area contributed by atoms with E-state index in [4.69, 9.17) is 4.98 Å². The minimum atomic E-state index is -0.0445. The van der Waals surface area contributed by atoms with Crippen molar-refractivity contribution in [3.8, 4) is 0 Å². The maximum atomic E-state index is 4.71. The summed E-state index contributed by atoms with van der Waals surface area (Å²) in [6.07, 6.45) is 2.66. The van der Waals surface area contributed by atoms with Crippen LogP contribution in [0.15, 0.2) is 6.07 Å². The molecule has 0 atom stereocenters. The van der Waals surface area contributed by atoms with Gasteiger partial charge < -0.3 is 10.6 Å². The van der Waals surface area contributed by atoms with Crippen molar-refractivity contribution in [2.24, 2.45) is 11.3 Å². The average molecular weight is 290 g/mol. The van der Waals surface area contributed by atoms with E-state index < -0.39 is 0 Å². The molecule has 0 spiro atoms. The zero-order valence-corrected chi connectivity index (χ0v) is 14.4. The summed E-state index contributed by atoms with van der Waals surface area (Å²) < 4.78 is 0. The Balaban J connectivity index is 2.16. The summed E-state index contributed by atoms with van der Waals surface area (Å²) in [6.45, 7) is 15.1. The molecule has 1 heterocycles. The molecule has 1 fully saturated rings. The Labute approximate surface area is 129 Å². The third-order valence-corrected chi connectivity index (χ3v) is 4.49. The first-order chi connectivity index (χ1) is 9.77. The molecule has 1 saturated carbocycles. The van der Waals surface area contributed by atoms with Crippen LogP contribution in [0.3, 0.4) is 0 Å². The lowest BCUT2D eigenvalue weighted by atomic mass is 9.92. The van der Waals surface area contributed by atoms with E-state index in [0.29, 0.717) is 5.41 Å². The van der Waals surface area contributed by atoms with Gasteiger partial charge in [0.15, 0.2) is 0 Å². The molecule has 0 aliphatic heterocycles. The van der Waals surface area contributed by atoms with E-state index in [9.17, 15) is 0 Å². The first-order valence-electron chi connectivity index (χ1n) is 8.14. The monoisotopic (exact) mass is 290 g/mol. The molecule has 0 aromatic carbocycles. The van der Waals surface area contributed by atoms with Gasteiger partial charge in [0.25, 0.3) is 0 Å². The molecule has 1 aliphatic rings. The van der Waals surface area contributed by atoms with Gasteiger partial charge in [0, 0.05) is 24.6 Å². The van der Waals surface area contributed by atoms with Crippen molar-refractivity contribution in [2.75, 3.05) is 23.7 Å². The van der Waals surface area contributed by atoms with E-state index in [1.807, 2.05) is 6.07 Å². The zero-order chi connectivity index (χ0) is 15.7. The molecular weight excluding hydrogens is 260 g/mol. The molecule has 1 aromatic heterocycles. The molecule has 0 saturated heterocycles. The van der Waals surface area contributed by atoms with Crippen LogP contribution in [0.5, 0.6) is 0 Å². The SMILES string of the molecule is CCNc1cc(NCC2(C(C)C)CC2)nc(C(C)(C)C)n1. The van der Waals surface area contributed by atoms with Crippen molar-refractivity contribution in [1.29, 1.82) is 0 Å². The highest BCUT2D eigenvalue weighted by atomic mass is 15.1. The second kappa shape index (κ2) is 5.82. The smallest absolute Gasteiger partial charge is 0.138 e. The van der Waals surface area contributed by atoms with E-state index in [1.165, 1.54) is 12.8 Å². The second-order valence-corrected chi connectivity index (χ2v) is 7.61. The standard InChI is InChI=1S/C17H30N4/c1-7-18-13-10-14(21-15(20-13)16(4,5)6)19-11-17(8-9-17)12(2)3/h10,12H,7-9,11H2,1-6H3,(H2,18,19,20,21). The van der Waals surface area contributed by atoms with Gasteiger partial charge in [-0.25, -0.2) is 9.97 Å². The molecule has 1 aliphatic carbocycles. The van der Waals surface area contributed by atoms with Crippen LogP contribution < -0.4 is 10.6 Å². The third-order valence-electron chi connectivity index (χ3n) is 4.49. The summed E-state index contributed by atoms with van der Waals surface area (Å²) >= 11 is 0. The van der Waals surface area contributed by atoms with Gasteiger partial charge in [-0.1, -0.05) is 34.6 Å². The number of aromatic nitrogens is 2. The van der Waals surface area contributed by atoms with Crippen LogP contribution in [0, 0.1) is 11.3 Å². The summed E-state index contributed by atoms with van der Waals surface area (Å²) in [5, 5.41) is 6.85. The van der Waals surface area contributed by atoms with Gasteiger partial charge in [-0.05, 0) is 31.1 Å². The molecule has 2 N–H and O–H groups in total. The Morgan fingerprint density at radius 1 is 1.14 bits per heavy atom. The lowest BCUT2D eigenvalue weighted by Crippen LogP contribution is -2.23. The molecule has 0 bridgehead atoms. The first kappa shape index (κ1) is 16.1. The largest absolute Gasteiger partial charge is 0.370 e. The molecular formula is C17H30N4. The van der Waals surface area contributed by atoms with Crippen LogP contribution in [0.25, 0.3) is 0 Å². The predicted octanol–water partition coefficient (Wildman–Crippen LogP) is 4.05. The number of anilines is 2. The van der Waals surface area contributed by atoms with E-state index in [2.05, 4.69) is 57.2 Å². The van der Waals surface area contributed by atoms with Crippen LogP contribution >= 0.6 is 0 Å². The summed E-state index contributed by atoms with van der Waals surface area (Å²) in [5.41, 5.74) is 0.433. The second-order valence-electron chi connectivity index (χ2n) is 7.61. The van der Waals surface area contributed by atoms with Gasteiger partial charge >= 0.3 is 0 Å². The molecule has 0 radical (unpaired) electrons. The van der Waals surface area contributed by atoms with Gasteiger partial charge in [-0.3, -0.25) is 0 Å². The lowest BCUT2D eigenvalue weighted by molar-refractivity contribution is 0.379. The van der Waals surface area contributed by atoms with Crippen molar-refractivity contribution < 1.29 is 0 Å². The molecule has 118 valence electrons. The third kappa shape index (κ3) is 3.86. The molecule has 0 unspecified atom stereocenters. The Kier molecular flexibility index (Phi) is 4.45. The highest BCUT2D eigenvalue weighted by Crippen LogP contribution is 2.51. The lowest BCUT2D eigenvalue weighted by Gasteiger charge is -2.22. The van der Waals surface area contributed by atoms with Crippen LogP contribution in [0.1, 0.15) is 60.2 Å². The van der Waals surface area contributed by atoms with Crippen LogP contribution in [0.4, 0.5) is 11.6 Å². The molecule has 1 aromatic rings. The van der Waals surface area contributed by atoms with Crippen molar-refractivity contribution >= 4 is 11.6 Å². The maximum Gasteiger partial charge on any atom is 0.138 e. The Morgan fingerprint density at radius 2 is 1.71 bits per heavy atom. The minimum absolute atomic E-state index is 0.0445. The fraction of sp³-hybridized carbons (Fsp3) is 0.765. The van der Waals surface area contributed by atoms with Crippen molar-refractivity contribution in [2.45, 2.75) is 59.8 Å². The highest BCUT2D eigenvalue weighted by Gasteiger charge is 2.45. The number of rotatable bonds is 6. The van der Waals surface area contributed by atoms with Gasteiger partial charge in [0.2, 0.25) is 0 Å². The normalized spacial score (nSPS) is 16.9. The maximum absolute atomic E-state index is 4.71. The number of hydrogen-bond donors (Lipinski definition) is 2. The van der Waals surface area contributed by atoms with Crippen LogP contribution in [-0.4, -0.2) is 23.1 Å². The summed E-state index contributed by atoms with van der Waals surface area (Å²) in [4.78, 5) is 9.34. The topological polar surface area (TPSA) is 49.8 Å². The highest BCUT2D eigenvalue weighted by molar-refractivity contribution is 5.48. The summed E-state index contributed by atoms with van der Waals surface area (Å²) in [7, 11) is 0. The van der Waals surface area contributed by atoms with Crippen LogP contribution in [-0.2, 0) is 5.41 Å². The van der Waals surface area contributed by atoms with E-state index in [1.54, 1.807) is 0 Å². The van der Waals surface area contributed by atoms with E-state index in [-0.39, 0.29) is 5.41 Å². The Morgan fingerprint density at radius 3 is 2.14 bits per heavy atom. The fourth-order valence-electron chi connectivity index (χ4n) is 2.53. The average Bonchev–Trinajstić information content (AvgIpc) is 3.17. The molecule has 0 amide bonds. The van der Waals surface area contributed by atoms with E-state index in [0.717, 1.165) is 36.5 Å². The predicted molar refractivity (Wildman–Crippen MR) is 89.9 cm³/mol. The summed E-state index contributed by atoms with van der Waals surface area (Å²) in [6, 6.07) is 2.02. The van der Waals surface area contributed by atoms with Crippen LogP contribution in [0.2, 0.25) is 0 Å². The molecule has 4 nitrogen and oxygen atoms in total. The Bertz CT molecular complexity index is 484. The number of nitrogens with zero attached hydrogens (tertiary/aromatic N) is 2. The van der Waals surface area contributed by atoms with E-state index >= 15 is 0 Å². The minimum Gasteiger partial charge on any atom is -0.370 e. The number of hydrogen-bond acceptors (Lipinski definition) is 4. The first-order valence-corrected chi connectivity index (χ1v) is 8.14. The molecule has 2 rings (SSSR count). The zero-order valence-electron chi connectivity index (χ0n) is 14.4. The fourth-order valence-corrected chi connectivity index (χ4v) is 2.53. The van der Waals surface area contributed by atoms with Gasteiger partial charge in [0.05, 0.1) is 0 Å². The van der Waals surface area contributed by atoms with Gasteiger partial charge in [-0.15, -0.1) is 0 Å². The van der Waals surface area contributed by atoms with Crippen molar-refractivity contribution in [1.82, 2.24) is 9.97 Å².